The molecule has 0 fully saturated rings. The molecule has 1 aromatic heterocycles. The molecule has 4 heteroatoms. The van der Waals surface area contributed by atoms with Gasteiger partial charge in [-0.2, -0.15) is 5.10 Å². The van der Waals surface area contributed by atoms with E-state index in [-0.39, 0.29) is 0 Å². The van der Waals surface area contributed by atoms with Crippen molar-refractivity contribution in [3.8, 4) is 0 Å². The van der Waals surface area contributed by atoms with Crippen LogP contribution in [-0.2, 0) is 13.0 Å². The van der Waals surface area contributed by atoms with Crippen molar-refractivity contribution >= 4 is 0 Å². The highest BCUT2D eigenvalue weighted by Crippen LogP contribution is 2.13. The van der Waals surface area contributed by atoms with E-state index in [4.69, 9.17) is 0 Å². The van der Waals surface area contributed by atoms with E-state index < -0.39 is 0 Å². The van der Waals surface area contributed by atoms with Crippen molar-refractivity contribution < 1.29 is 0 Å². The van der Waals surface area contributed by atoms with Crippen molar-refractivity contribution in [2.75, 3.05) is 20.1 Å². The average Bonchev–Trinajstić information content (AvgIpc) is 2.56. The number of likely N-dealkylation sites (N-methyl/N-ethyl adjacent to an activating group) is 1. The van der Waals surface area contributed by atoms with E-state index in [9.17, 15) is 0 Å². The van der Waals surface area contributed by atoms with Gasteiger partial charge in [-0.1, -0.05) is 0 Å². The van der Waals surface area contributed by atoms with E-state index in [1.165, 1.54) is 17.0 Å². The molecule has 98 valence electrons. The molecule has 0 saturated heterocycles. The van der Waals surface area contributed by atoms with Crippen LogP contribution in [0.3, 0.4) is 0 Å². The quantitative estimate of drug-likeness (QED) is 0.751. The Balaban J connectivity index is 2.49. The highest BCUT2D eigenvalue weighted by atomic mass is 15.3. The van der Waals surface area contributed by atoms with Crippen LogP contribution >= 0.6 is 0 Å². The van der Waals surface area contributed by atoms with Gasteiger partial charge in [0.25, 0.3) is 0 Å². The van der Waals surface area contributed by atoms with Crippen LogP contribution in [0.1, 0.15) is 30.8 Å². The summed E-state index contributed by atoms with van der Waals surface area (Å²) < 4.78 is 2.09. The molecule has 2 N–H and O–H groups in total. The maximum atomic E-state index is 4.54. The van der Waals surface area contributed by atoms with Crippen LogP contribution in [0, 0.1) is 13.8 Å². The number of rotatable bonds is 7. The van der Waals surface area contributed by atoms with Gasteiger partial charge in [0.1, 0.15) is 0 Å². The van der Waals surface area contributed by atoms with Gasteiger partial charge in [0.2, 0.25) is 0 Å². The second-order valence-electron chi connectivity index (χ2n) is 4.63. The first kappa shape index (κ1) is 14.2. The van der Waals surface area contributed by atoms with Crippen LogP contribution in [0.2, 0.25) is 0 Å². The molecule has 0 bridgehead atoms. The molecule has 0 spiro atoms. The minimum atomic E-state index is 0.516. The predicted octanol–water partition coefficient (Wildman–Crippen LogP) is 1.26. The van der Waals surface area contributed by atoms with Crippen LogP contribution in [0.5, 0.6) is 0 Å². The minimum Gasteiger partial charge on any atom is -0.318 e. The number of nitrogens with one attached hydrogen (secondary N) is 2. The Morgan fingerprint density at radius 3 is 2.59 bits per heavy atom. The summed E-state index contributed by atoms with van der Waals surface area (Å²) in [6.45, 7) is 11.6. The van der Waals surface area contributed by atoms with Gasteiger partial charge >= 0.3 is 0 Å². The number of hydrogen-bond donors (Lipinski definition) is 2. The van der Waals surface area contributed by atoms with Crippen molar-refractivity contribution in [1.82, 2.24) is 20.4 Å². The molecule has 0 aliphatic carbocycles. The van der Waals surface area contributed by atoms with Crippen molar-refractivity contribution in [2.45, 2.75) is 46.7 Å². The Morgan fingerprint density at radius 2 is 2.06 bits per heavy atom. The molecule has 0 aliphatic heterocycles. The fourth-order valence-electron chi connectivity index (χ4n) is 2.23. The van der Waals surface area contributed by atoms with Crippen LogP contribution < -0.4 is 10.6 Å². The highest BCUT2D eigenvalue weighted by Gasteiger charge is 2.10. The molecule has 4 nitrogen and oxygen atoms in total. The Morgan fingerprint density at radius 1 is 1.35 bits per heavy atom. The second kappa shape index (κ2) is 6.77. The highest BCUT2D eigenvalue weighted by molar-refractivity contribution is 5.24. The number of nitrogens with zero attached hydrogens (tertiary/aromatic N) is 2. The fraction of sp³-hybridized carbons (Fsp3) is 0.769. The normalized spacial score (nSPS) is 13.0. The summed E-state index contributed by atoms with van der Waals surface area (Å²) in [7, 11) is 1.98. The maximum absolute atomic E-state index is 4.54. The van der Waals surface area contributed by atoms with Crippen LogP contribution in [0.15, 0.2) is 0 Å². The Hall–Kier alpha value is -0.870. The molecule has 17 heavy (non-hydrogen) atoms. The van der Waals surface area contributed by atoms with E-state index in [1.807, 2.05) is 7.05 Å². The third-order valence-electron chi connectivity index (χ3n) is 3.21. The zero-order valence-corrected chi connectivity index (χ0v) is 11.8. The van der Waals surface area contributed by atoms with E-state index in [0.717, 1.165) is 26.1 Å². The molecule has 1 aromatic rings. The summed E-state index contributed by atoms with van der Waals surface area (Å²) >= 11 is 0. The zero-order chi connectivity index (χ0) is 12.8. The molecule has 1 rings (SSSR count). The Bertz CT molecular complexity index is 343. The summed E-state index contributed by atoms with van der Waals surface area (Å²) in [6, 6.07) is 0.516. The van der Waals surface area contributed by atoms with Crippen molar-refractivity contribution in [3.05, 3.63) is 17.0 Å². The third kappa shape index (κ3) is 3.82. The lowest BCUT2D eigenvalue weighted by molar-refractivity contribution is 0.525. The topological polar surface area (TPSA) is 41.9 Å². The van der Waals surface area contributed by atoms with Gasteiger partial charge in [-0.05, 0) is 53.3 Å². The van der Waals surface area contributed by atoms with Crippen molar-refractivity contribution in [1.29, 1.82) is 0 Å². The number of hydrogen-bond acceptors (Lipinski definition) is 3. The first-order valence-electron chi connectivity index (χ1n) is 6.51. The van der Waals surface area contributed by atoms with E-state index in [0.29, 0.717) is 6.04 Å². The van der Waals surface area contributed by atoms with Gasteiger partial charge in [0, 0.05) is 24.8 Å². The van der Waals surface area contributed by atoms with Crippen molar-refractivity contribution in [3.63, 3.8) is 0 Å². The van der Waals surface area contributed by atoms with Gasteiger partial charge in [-0.25, -0.2) is 0 Å². The summed E-state index contributed by atoms with van der Waals surface area (Å²) in [4.78, 5) is 0. The second-order valence-corrected chi connectivity index (χ2v) is 4.63. The van der Waals surface area contributed by atoms with Gasteiger partial charge in [-0.3, -0.25) is 4.68 Å². The molecular weight excluding hydrogens is 212 g/mol. The largest absolute Gasteiger partial charge is 0.318 e. The summed E-state index contributed by atoms with van der Waals surface area (Å²) in [5.74, 6) is 0. The lowest BCUT2D eigenvalue weighted by Gasteiger charge is -2.13. The van der Waals surface area contributed by atoms with E-state index in [1.54, 1.807) is 0 Å². The lowest BCUT2D eigenvalue weighted by atomic mass is 10.1. The molecule has 0 radical (unpaired) electrons. The van der Waals surface area contributed by atoms with Crippen molar-refractivity contribution in [2.24, 2.45) is 0 Å². The molecule has 0 saturated carbocycles. The monoisotopic (exact) mass is 238 g/mol. The first-order chi connectivity index (χ1) is 8.10. The van der Waals surface area contributed by atoms with E-state index in [2.05, 4.69) is 48.1 Å². The van der Waals surface area contributed by atoms with Gasteiger partial charge in [-0.15, -0.1) is 0 Å². The van der Waals surface area contributed by atoms with Gasteiger partial charge in [0.15, 0.2) is 0 Å². The molecule has 1 unspecified atom stereocenters. The minimum absolute atomic E-state index is 0.516. The summed E-state index contributed by atoms with van der Waals surface area (Å²) in [5.41, 5.74) is 3.89. The van der Waals surface area contributed by atoms with Crippen LogP contribution in [-0.4, -0.2) is 36.0 Å². The predicted molar refractivity (Wildman–Crippen MR) is 72.5 cm³/mol. The van der Waals surface area contributed by atoms with Crippen LogP contribution in [0.25, 0.3) is 0 Å². The van der Waals surface area contributed by atoms with Crippen LogP contribution in [0.4, 0.5) is 0 Å². The molecule has 1 heterocycles. The van der Waals surface area contributed by atoms with E-state index >= 15 is 0 Å². The lowest BCUT2D eigenvalue weighted by Crippen LogP contribution is -2.36. The van der Waals surface area contributed by atoms with Gasteiger partial charge in [0.05, 0.1) is 5.69 Å². The number of aromatic nitrogens is 2. The first-order valence-corrected chi connectivity index (χ1v) is 6.51. The molecular formula is C13H26N4. The zero-order valence-electron chi connectivity index (χ0n) is 11.8. The summed E-state index contributed by atoms with van der Waals surface area (Å²) in [6.07, 6.45) is 1.06. The van der Waals surface area contributed by atoms with Gasteiger partial charge < -0.3 is 10.6 Å². The average molecular weight is 238 g/mol. The Labute approximate surface area is 105 Å². The Kier molecular flexibility index (Phi) is 5.65. The standard InChI is InChI=1S/C13H26N4/c1-6-17-12(4)13(11(3)16-17)7-8-15-10(2)9-14-5/h10,14-15H,6-9H2,1-5H3. The molecule has 1 atom stereocenters. The SMILES string of the molecule is CCn1nc(C)c(CCNC(C)CNC)c1C. The molecule has 0 aromatic carbocycles. The molecule has 0 amide bonds. The summed E-state index contributed by atoms with van der Waals surface area (Å²) in [5, 5.41) is 11.2. The maximum Gasteiger partial charge on any atom is 0.0628 e. The third-order valence-corrected chi connectivity index (χ3v) is 3.21. The molecule has 0 aliphatic rings. The number of aryl methyl sites for hydroxylation is 2. The fourth-order valence-corrected chi connectivity index (χ4v) is 2.23. The smallest absolute Gasteiger partial charge is 0.0628 e.